The standard InChI is InChI=1S/C15H21N3O/c1-18-11-13(10-17-18)7-12(9-16)8-14-5-3-4-6-15(14)19-2/h3-6,10-12H,7-9,16H2,1-2H3. The first-order chi connectivity index (χ1) is 9.22. The summed E-state index contributed by atoms with van der Waals surface area (Å²) < 4.78 is 7.21. The first kappa shape index (κ1) is 13.6. The van der Waals surface area contributed by atoms with E-state index in [1.807, 2.05) is 42.3 Å². The van der Waals surface area contributed by atoms with Crippen LogP contribution in [-0.2, 0) is 19.9 Å². The molecule has 0 aliphatic carbocycles. The van der Waals surface area contributed by atoms with Gasteiger partial charge in [-0.3, -0.25) is 4.68 Å². The van der Waals surface area contributed by atoms with Gasteiger partial charge in [0.1, 0.15) is 5.75 Å². The molecule has 0 fully saturated rings. The summed E-state index contributed by atoms with van der Waals surface area (Å²) in [6.07, 6.45) is 5.83. The molecule has 0 amide bonds. The Labute approximate surface area is 114 Å². The van der Waals surface area contributed by atoms with Crippen LogP contribution in [0, 0.1) is 5.92 Å². The maximum absolute atomic E-state index is 5.90. The topological polar surface area (TPSA) is 53.1 Å². The van der Waals surface area contributed by atoms with Crippen molar-refractivity contribution in [3.63, 3.8) is 0 Å². The van der Waals surface area contributed by atoms with Gasteiger partial charge in [-0.05, 0) is 42.5 Å². The third-order valence-corrected chi connectivity index (χ3v) is 3.32. The van der Waals surface area contributed by atoms with Crippen LogP contribution in [0.4, 0.5) is 0 Å². The molecular weight excluding hydrogens is 238 g/mol. The number of aryl methyl sites for hydroxylation is 1. The van der Waals surface area contributed by atoms with Crippen molar-refractivity contribution in [3.8, 4) is 5.75 Å². The van der Waals surface area contributed by atoms with E-state index >= 15 is 0 Å². The molecule has 19 heavy (non-hydrogen) atoms. The summed E-state index contributed by atoms with van der Waals surface area (Å²) in [4.78, 5) is 0. The molecular formula is C15H21N3O. The van der Waals surface area contributed by atoms with E-state index in [4.69, 9.17) is 10.5 Å². The van der Waals surface area contributed by atoms with Gasteiger partial charge in [-0.25, -0.2) is 0 Å². The van der Waals surface area contributed by atoms with Crippen LogP contribution in [0.25, 0.3) is 0 Å². The van der Waals surface area contributed by atoms with Gasteiger partial charge in [0.25, 0.3) is 0 Å². The van der Waals surface area contributed by atoms with Crippen molar-refractivity contribution in [2.24, 2.45) is 18.7 Å². The van der Waals surface area contributed by atoms with Crippen molar-refractivity contribution in [2.75, 3.05) is 13.7 Å². The Morgan fingerprint density at radius 1 is 1.32 bits per heavy atom. The van der Waals surface area contributed by atoms with Crippen LogP contribution < -0.4 is 10.5 Å². The van der Waals surface area contributed by atoms with E-state index in [0.29, 0.717) is 12.5 Å². The van der Waals surface area contributed by atoms with E-state index in [9.17, 15) is 0 Å². The molecule has 2 N–H and O–H groups in total. The molecule has 1 aromatic carbocycles. The van der Waals surface area contributed by atoms with Crippen molar-refractivity contribution in [3.05, 3.63) is 47.8 Å². The van der Waals surface area contributed by atoms with Crippen LogP contribution in [0.1, 0.15) is 11.1 Å². The number of nitrogens with two attached hydrogens (primary N) is 1. The van der Waals surface area contributed by atoms with Crippen LogP contribution in [0.15, 0.2) is 36.7 Å². The van der Waals surface area contributed by atoms with Gasteiger partial charge in [0.15, 0.2) is 0 Å². The van der Waals surface area contributed by atoms with E-state index in [1.165, 1.54) is 11.1 Å². The normalized spacial score (nSPS) is 12.4. The molecule has 0 saturated carbocycles. The number of methoxy groups -OCH3 is 1. The fourth-order valence-electron chi connectivity index (χ4n) is 2.33. The largest absolute Gasteiger partial charge is 0.496 e. The van der Waals surface area contributed by atoms with Gasteiger partial charge < -0.3 is 10.5 Å². The molecule has 1 aromatic heterocycles. The number of hydrogen-bond acceptors (Lipinski definition) is 3. The number of aromatic nitrogens is 2. The van der Waals surface area contributed by atoms with E-state index in [0.717, 1.165) is 18.6 Å². The van der Waals surface area contributed by atoms with Crippen molar-refractivity contribution in [1.29, 1.82) is 0 Å². The van der Waals surface area contributed by atoms with Crippen LogP contribution in [0.2, 0.25) is 0 Å². The predicted molar refractivity (Wildman–Crippen MR) is 76.2 cm³/mol. The van der Waals surface area contributed by atoms with Gasteiger partial charge in [-0.1, -0.05) is 18.2 Å². The Bertz CT molecular complexity index is 522. The fraction of sp³-hybridized carbons (Fsp3) is 0.400. The molecule has 0 bridgehead atoms. The molecule has 2 aromatic rings. The molecule has 4 nitrogen and oxygen atoms in total. The minimum absolute atomic E-state index is 0.403. The maximum Gasteiger partial charge on any atom is 0.122 e. The second-order valence-electron chi connectivity index (χ2n) is 4.84. The third-order valence-electron chi connectivity index (χ3n) is 3.32. The van der Waals surface area contributed by atoms with Gasteiger partial charge in [-0.2, -0.15) is 5.10 Å². The summed E-state index contributed by atoms with van der Waals surface area (Å²) in [7, 11) is 3.64. The lowest BCUT2D eigenvalue weighted by Gasteiger charge is -2.15. The summed E-state index contributed by atoms with van der Waals surface area (Å²) in [6.45, 7) is 0.660. The molecule has 102 valence electrons. The summed E-state index contributed by atoms with van der Waals surface area (Å²) in [5, 5.41) is 4.20. The zero-order chi connectivity index (χ0) is 13.7. The van der Waals surface area contributed by atoms with Crippen molar-refractivity contribution in [2.45, 2.75) is 12.8 Å². The minimum Gasteiger partial charge on any atom is -0.496 e. The van der Waals surface area contributed by atoms with Crippen molar-refractivity contribution >= 4 is 0 Å². The molecule has 0 radical (unpaired) electrons. The van der Waals surface area contributed by atoms with Crippen molar-refractivity contribution in [1.82, 2.24) is 9.78 Å². The molecule has 2 rings (SSSR count). The molecule has 0 spiro atoms. The molecule has 0 saturated heterocycles. The fourth-order valence-corrected chi connectivity index (χ4v) is 2.33. The first-order valence-corrected chi connectivity index (χ1v) is 6.52. The zero-order valence-electron chi connectivity index (χ0n) is 11.5. The SMILES string of the molecule is COc1ccccc1CC(CN)Cc1cnn(C)c1. The van der Waals surface area contributed by atoms with Crippen LogP contribution in [-0.4, -0.2) is 23.4 Å². The third kappa shape index (κ3) is 3.58. The first-order valence-electron chi connectivity index (χ1n) is 6.52. The highest BCUT2D eigenvalue weighted by molar-refractivity contribution is 5.33. The Kier molecular flexibility index (Phi) is 4.58. The summed E-state index contributed by atoms with van der Waals surface area (Å²) >= 11 is 0. The molecule has 1 heterocycles. The van der Waals surface area contributed by atoms with Crippen LogP contribution >= 0.6 is 0 Å². The van der Waals surface area contributed by atoms with Gasteiger partial charge in [0, 0.05) is 13.2 Å². The second kappa shape index (κ2) is 6.38. The highest BCUT2D eigenvalue weighted by Gasteiger charge is 2.12. The lowest BCUT2D eigenvalue weighted by atomic mass is 9.93. The maximum atomic E-state index is 5.90. The average Bonchev–Trinajstić information content (AvgIpc) is 2.84. The smallest absolute Gasteiger partial charge is 0.122 e. The molecule has 0 aliphatic heterocycles. The van der Waals surface area contributed by atoms with Gasteiger partial charge in [0.05, 0.1) is 13.3 Å². The zero-order valence-corrected chi connectivity index (χ0v) is 11.5. The van der Waals surface area contributed by atoms with Crippen molar-refractivity contribution < 1.29 is 4.74 Å². The predicted octanol–water partition coefficient (Wildman–Crippen LogP) is 1.79. The Morgan fingerprint density at radius 3 is 2.74 bits per heavy atom. The van der Waals surface area contributed by atoms with Crippen LogP contribution in [0.5, 0.6) is 5.75 Å². The van der Waals surface area contributed by atoms with E-state index in [-0.39, 0.29) is 0 Å². The number of benzene rings is 1. The minimum atomic E-state index is 0.403. The van der Waals surface area contributed by atoms with E-state index in [1.54, 1.807) is 7.11 Å². The highest BCUT2D eigenvalue weighted by atomic mass is 16.5. The van der Waals surface area contributed by atoms with E-state index in [2.05, 4.69) is 11.2 Å². The summed E-state index contributed by atoms with van der Waals surface area (Å²) in [6, 6.07) is 8.12. The lowest BCUT2D eigenvalue weighted by Crippen LogP contribution is -2.19. The number of ether oxygens (including phenoxy) is 1. The number of nitrogens with zero attached hydrogens (tertiary/aromatic N) is 2. The quantitative estimate of drug-likeness (QED) is 0.860. The Balaban J connectivity index is 2.06. The number of para-hydroxylation sites is 1. The Morgan fingerprint density at radius 2 is 2.11 bits per heavy atom. The average molecular weight is 259 g/mol. The summed E-state index contributed by atoms with van der Waals surface area (Å²) in [5.41, 5.74) is 8.34. The lowest BCUT2D eigenvalue weighted by molar-refractivity contribution is 0.404. The van der Waals surface area contributed by atoms with Gasteiger partial charge >= 0.3 is 0 Å². The molecule has 4 heteroatoms. The summed E-state index contributed by atoms with van der Waals surface area (Å²) in [5.74, 6) is 1.34. The second-order valence-corrected chi connectivity index (χ2v) is 4.84. The molecule has 1 unspecified atom stereocenters. The monoisotopic (exact) mass is 259 g/mol. The number of hydrogen-bond donors (Lipinski definition) is 1. The molecule has 1 atom stereocenters. The van der Waals surface area contributed by atoms with E-state index < -0.39 is 0 Å². The van der Waals surface area contributed by atoms with Crippen LogP contribution in [0.3, 0.4) is 0 Å². The highest BCUT2D eigenvalue weighted by Crippen LogP contribution is 2.22. The Hall–Kier alpha value is -1.81. The van der Waals surface area contributed by atoms with Gasteiger partial charge in [-0.15, -0.1) is 0 Å². The number of rotatable bonds is 6. The van der Waals surface area contributed by atoms with Gasteiger partial charge in [0.2, 0.25) is 0 Å². The molecule has 0 aliphatic rings.